The quantitative estimate of drug-likeness (QED) is 0.438. The molecule has 0 radical (unpaired) electrons. The number of benzene rings is 1. The van der Waals surface area contributed by atoms with Gasteiger partial charge in [-0.2, -0.15) is 18.2 Å². The third-order valence-electron chi connectivity index (χ3n) is 7.05. The van der Waals surface area contributed by atoms with Crippen LogP contribution in [0.3, 0.4) is 0 Å². The number of hydrogen-bond donors (Lipinski definition) is 2. The molecule has 2 aromatic heterocycles. The molecule has 1 saturated heterocycles. The van der Waals surface area contributed by atoms with Crippen LogP contribution in [-0.4, -0.2) is 69.8 Å². The van der Waals surface area contributed by atoms with Crippen molar-refractivity contribution >= 4 is 36.5 Å². The van der Waals surface area contributed by atoms with E-state index < -0.39 is 12.7 Å². The minimum atomic E-state index is -4.44. The van der Waals surface area contributed by atoms with Crippen molar-refractivity contribution < 1.29 is 22.5 Å². The third kappa shape index (κ3) is 5.83. The van der Waals surface area contributed by atoms with Crippen LogP contribution >= 0.6 is 8.20 Å². The Labute approximate surface area is 214 Å². The number of nitrogens with zero attached hydrogens (tertiary/aromatic N) is 4. The lowest BCUT2D eigenvalue weighted by Crippen LogP contribution is -2.36. The molecule has 2 N–H and O–H groups in total. The highest BCUT2D eigenvalue weighted by atomic mass is 31.1. The fourth-order valence-electron chi connectivity index (χ4n) is 4.96. The Morgan fingerprint density at radius 1 is 1.27 bits per heavy atom. The second-order valence-electron chi connectivity index (χ2n) is 9.94. The van der Waals surface area contributed by atoms with Crippen LogP contribution in [0, 0.1) is 11.8 Å². The Morgan fingerprint density at radius 2 is 2.05 bits per heavy atom. The van der Waals surface area contributed by atoms with Crippen LogP contribution in [0.15, 0.2) is 28.8 Å². The van der Waals surface area contributed by atoms with E-state index in [1.54, 1.807) is 18.2 Å². The molecule has 2 aliphatic heterocycles. The van der Waals surface area contributed by atoms with Crippen molar-refractivity contribution in [1.29, 1.82) is 0 Å². The average molecular weight is 535 g/mol. The van der Waals surface area contributed by atoms with Crippen LogP contribution < -0.4 is 10.6 Å². The minimum Gasteiger partial charge on any atom is -0.382 e. The first-order valence-electron chi connectivity index (χ1n) is 12.4. The van der Waals surface area contributed by atoms with Crippen LogP contribution in [0.25, 0.3) is 22.4 Å². The molecule has 2 aliphatic rings. The number of hydrogen-bond acceptors (Lipinski definition) is 6. The van der Waals surface area contributed by atoms with Gasteiger partial charge in [-0.15, -0.1) is 8.20 Å². The maximum absolute atomic E-state index is 13.6. The molecule has 0 unspecified atom stereocenters. The molecule has 2 atom stereocenters. The van der Waals surface area contributed by atoms with E-state index in [0.29, 0.717) is 10.9 Å². The molecule has 12 heteroatoms. The van der Waals surface area contributed by atoms with Gasteiger partial charge in [0.15, 0.2) is 0 Å². The van der Waals surface area contributed by atoms with Gasteiger partial charge in [-0.25, -0.2) is 0 Å². The molecule has 1 aromatic carbocycles. The number of halogens is 3. The first kappa shape index (κ1) is 25.7. The third-order valence-corrected chi connectivity index (χ3v) is 8.37. The van der Waals surface area contributed by atoms with E-state index in [9.17, 15) is 18.0 Å². The molecule has 8 nitrogen and oxygen atoms in total. The monoisotopic (exact) mass is 534 g/mol. The zero-order chi connectivity index (χ0) is 26.2. The second kappa shape index (κ2) is 10.5. The lowest BCUT2D eigenvalue weighted by atomic mass is 9.97. The Kier molecular flexibility index (Phi) is 7.27. The van der Waals surface area contributed by atoms with Crippen molar-refractivity contribution in [2.45, 2.75) is 45.1 Å². The van der Waals surface area contributed by atoms with Crippen molar-refractivity contribution in [3.05, 3.63) is 30.2 Å². The van der Waals surface area contributed by atoms with Crippen molar-refractivity contribution in [2.24, 2.45) is 11.8 Å². The van der Waals surface area contributed by atoms with Crippen molar-refractivity contribution in [2.75, 3.05) is 31.6 Å². The number of rotatable bonds is 7. The SMILES string of the molecule is C[C@H]1CP=C[C@H]1C(=O)NCc1nc(-c2cc3c(NC4CCN(C)CC4)cccc3n2CC(F)(F)F)no1. The minimum absolute atomic E-state index is 0.0161. The fourth-order valence-corrected chi connectivity index (χ4v) is 6.29. The molecule has 1 fully saturated rings. The lowest BCUT2D eigenvalue weighted by molar-refractivity contribution is -0.139. The number of alkyl halides is 3. The molecule has 0 bridgehead atoms. The number of aromatic nitrogens is 3. The highest BCUT2D eigenvalue weighted by Gasteiger charge is 2.32. The number of fused-ring (bicyclic) bond motifs is 1. The largest absolute Gasteiger partial charge is 0.406 e. The highest BCUT2D eigenvalue weighted by Crippen LogP contribution is 2.35. The van der Waals surface area contributed by atoms with Gasteiger partial charge in [-0.1, -0.05) is 18.1 Å². The summed E-state index contributed by atoms with van der Waals surface area (Å²) in [5, 5.41) is 11.0. The van der Waals surface area contributed by atoms with E-state index in [1.165, 1.54) is 4.57 Å². The number of anilines is 1. The molecule has 1 amide bonds. The van der Waals surface area contributed by atoms with Crippen LogP contribution in [0.2, 0.25) is 0 Å². The predicted molar refractivity (Wildman–Crippen MR) is 138 cm³/mol. The maximum Gasteiger partial charge on any atom is 0.406 e. The van der Waals surface area contributed by atoms with Gasteiger partial charge in [-0.3, -0.25) is 4.79 Å². The Balaban J connectivity index is 1.41. The topological polar surface area (TPSA) is 88.2 Å². The summed E-state index contributed by atoms with van der Waals surface area (Å²) in [5.41, 5.74) is 1.43. The molecular weight excluding hydrogens is 504 g/mol. The maximum atomic E-state index is 13.6. The van der Waals surface area contributed by atoms with Crippen LogP contribution in [0.5, 0.6) is 0 Å². The molecule has 37 heavy (non-hydrogen) atoms. The van der Waals surface area contributed by atoms with Gasteiger partial charge < -0.3 is 24.6 Å². The van der Waals surface area contributed by atoms with Gasteiger partial charge >= 0.3 is 6.18 Å². The van der Waals surface area contributed by atoms with Crippen molar-refractivity contribution in [3.8, 4) is 11.5 Å². The standard InChI is InChI=1S/C25H30F3N6O2P/c1-15-12-37-13-18(15)24(35)29-11-22-31-23(32-36-22)21-10-17-19(30-16-6-8-33(2)9-7-16)4-3-5-20(17)34(21)14-25(26,27)28/h3-5,10,13,15-16,18,30H,6-9,11-12,14H2,1-2H3,(H,29,35)/t15-,18+/m0/s1. The van der Waals surface area contributed by atoms with E-state index in [0.717, 1.165) is 46.0 Å². The van der Waals surface area contributed by atoms with Crippen LogP contribution in [0.1, 0.15) is 25.7 Å². The van der Waals surface area contributed by atoms with Gasteiger partial charge in [0.05, 0.1) is 23.7 Å². The summed E-state index contributed by atoms with van der Waals surface area (Å²) in [7, 11) is 3.23. The Morgan fingerprint density at radius 3 is 2.76 bits per heavy atom. The van der Waals surface area contributed by atoms with Gasteiger partial charge in [0.2, 0.25) is 17.6 Å². The fraction of sp³-hybridized carbons (Fsp3) is 0.520. The number of likely N-dealkylation sites (tertiary alicyclic amines) is 1. The highest BCUT2D eigenvalue weighted by molar-refractivity contribution is 7.39. The van der Waals surface area contributed by atoms with Gasteiger partial charge in [0.25, 0.3) is 0 Å². The van der Waals surface area contributed by atoms with E-state index in [4.69, 9.17) is 4.52 Å². The summed E-state index contributed by atoms with van der Waals surface area (Å²) in [5.74, 6) is 2.14. The first-order chi connectivity index (χ1) is 17.7. The Bertz CT molecular complexity index is 1300. The number of carbonyl (C=O) groups is 1. The molecule has 0 aliphatic carbocycles. The average Bonchev–Trinajstić information content (AvgIpc) is 3.57. The summed E-state index contributed by atoms with van der Waals surface area (Å²) in [6, 6.07) is 7.24. The Hall–Kier alpha value is -2.91. The van der Waals surface area contributed by atoms with E-state index >= 15 is 0 Å². The summed E-state index contributed by atoms with van der Waals surface area (Å²) >= 11 is 0. The van der Waals surface area contributed by atoms with E-state index in [2.05, 4.69) is 32.7 Å². The molecule has 3 aromatic rings. The number of piperidine rings is 1. The summed E-state index contributed by atoms with van der Waals surface area (Å²) < 4.78 is 47.2. The smallest absolute Gasteiger partial charge is 0.382 e. The van der Waals surface area contributed by atoms with Crippen molar-refractivity contribution in [1.82, 2.24) is 24.9 Å². The second-order valence-corrected chi connectivity index (χ2v) is 11.0. The molecule has 0 saturated carbocycles. The first-order valence-corrected chi connectivity index (χ1v) is 13.6. The summed E-state index contributed by atoms with van der Waals surface area (Å²) in [6.45, 7) is 2.79. The lowest BCUT2D eigenvalue weighted by Gasteiger charge is -2.30. The predicted octanol–water partition coefficient (Wildman–Crippen LogP) is 4.39. The number of nitrogens with one attached hydrogen (secondary N) is 2. The number of carbonyl (C=O) groups excluding carboxylic acids is 1. The zero-order valence-electron chi connectivity index (χ0n) is 20.8. The molecule has 4 heterocycles. The van der Waals surface area contributed by atoms with E-state index in [1.807, 2.05) is 18.8 Å². The van der Waals surface area contributed by atoms with Gasteiger partial charge in [0, 0.05) is 17.1 Å². The molecule has 0 spiro atoms. The van der Waals surface area contributed by atoms with E-state index in [-0.39, 0.29) is 47.7 Å². The number of amides is 1. The van der Waals surface area contributed by atoms with Gasteiger partial charge in [-0.05, 0) is 69.1 Å². The van der Waals surface area contributed by atoms with Crippen molar-refractivity contribution in [3.63, 3.8) is 0 Å². The van der Waals surface area contributed by atoms with Gasteiger partial charge in [0.1, 0.15) is 6.54 Å². The summed E-state index contributed by atoms with van der Waals surface area (Å²) in [6.07, 6.45) is -1.58. The van der Waals surface area contributed by atoms with Crippen LogP contribution in [-0.2, 0) is 17.9 Å². The normalized spacial score (nSPS) is 21.5. The zero-order valence-corrected chi connectivity index (χ0v) is 21.6. The molecule has 5 rings (SSSR count). The molecule has 198 valence electrons. The summed E-state index contributed by atoms with van der Waals surface area (Å²) in [4.78, 5) is 19.1. The van der Waals surface area contributed by atoms with Crippen LogP contribution in [0.4, 0.5) is 18.9 Å². The molecular formula is C25H30F3N6O2P.